The second-order valence-electron chi connectivity index (χ2n) is 4.48. The molecule has 0 amide bonds. The predicted molar refractivity (Wildman–Crippen MR) is 75.6 cm³/mol. The Hall–Kier alpha value is -1.23. The van der Waals surface area contributed by atoms with E-state index < -0.39 is 4.92 Å². The third kappa shape index (κ3) is 4.56. The Morgan fingerprint density at radius 3 is 2.78 bits per heavy atom. The lowest BCUT2D eigenvalue weighted by Crippen LogP contribution is -2.06. The van der Waals surface area contributed by atoms with Crippen LogP contribution in [-0.2, 0) is 0 Å². The van der Waals surface area contributed by atoms with E-state index >= 15 is 0 Å². The lowest BCUT2D eigenvalue weighted by atomic mass is 10.1. The van der Waals surface area contributed by atoms with E-state index in [1.807, 2.05) is 6.92 Å². The van der Waals surface area contributed by atoms with E-state index in [0.29, 0.717) is 18.3 Å². The maximum absolute atomic E-state index is 10.8. The first kappa shape index (κ1) is 14.8. The minimum absolute atomic E-state index is 0.0300. The van der Waals surface area contributed by atoms with Gasteiger partial charge in [-0.2, -0.15) is 12.6 Å². The summed E-state index contributed by atoms with van der Waals surface area (Å²) in [5.41, 5.74) is 0.987. The van der Waals surface area contributed by atoms with Crippen LogP contribution in [-0.4, -0.2) is 17.3 Å². The van der Waals surface area contributed by atoms with Crippen LogP contribution in [0.1, 0.15) is 25.3 Å². The molecule has 0 aliphatic rings. The Labute approximate surface area is 113 Å². The fourth-order valence-corrected chi connectivity index (χ4v) is 2.06. The summed E-state index contributed by atoms with van der Waals surface area (Å²) in [6.45, 7) is 4.52. The summed E-state index contributed by atoms with van der Waals surface area (Å²) in [7, 11) is 0. The number of nitro groups is 1. The van der Waals surface area contributed by atoms with Gasteiger partial charge in [0.25, 0.3) is 0 Å². The molecule has 0 saturated carbocycles. The maximum Gasteiger partial charge on any atom is 0.310 e. The van der Waals surface area contributed by atoms with Crippen LogP contribution in [0, 0.1) is 23.0 Å². The Kier molecular flexibility index (Phi) is 5.98. The van der Waals surface area contributed by atoms with Crippen molar-refractivity contribution in [1.82, 2.24) is 0 Å². The molecule has 4 nitrogen and oxygen atoms in total. The van der Waals surface area contributed by atoms with E-state index in [-0.39, 0.29) is 5.69 Å². The summed E-state index contributed by atoms with van der Waals surface area (Å²) in [5, 5.41) is 10.8. The summed E-state index contributed by atoms with van der Waals surface area (Å²) in [4.78, 5) is 10.4. The molecule has 0 saturated heterocycles. The van der Waals surface area contributed by atoms with Gasteiger partial charge in [-0.05, 0) is 43.1 Å². The number of hydrogen-bond acceptors (Lipinski definition) is 4. The molecular weight excluding hydrogens is 250 g/mol. The van der Waals surface area contributed by atoms with E-state index in [1.165, 1.54) is 6.07 Å². The molecule has 0 aliphatic heterocycles. The van der Waals surface area contributed by atoms with Crippen molar-refractivity contribution in [2.24, 2.45) is 5.92 Å². The third-order valence-electron chi connectivity index (χ3n) is 2.80. The highest BCUT2D eigenvalue weighted by Crippen LogP contribution is 2.28. The number of aryl methyl sites for hydroxylation is 1. The van der Waals surface area contributed by atoms with Crippen molar-refractivity contribution in [1.29, 1.82) is 0 Å². The molecule has 0 bridgehead atoms. The summed E-state index contributed by atoms with van der Waals surface area (Å²) < 4.78 is 5.53. The largest absolute Gasteiger partial charge is 0.487 e. The van der Waals surface area contributed by atoms with Crippen molar-refractivity contribution in [2.75, 3.05) is 12.4 Å². The molecule has 1 aromatic rings. The van der Waals surface area contributed by atoms with Gasteiger partial charge in [0.2, 0.25) is 0 Å². The highest BCUT2D eigenvalue weighted by atomic mass is 32.1. The zero-order valence-corrected chi connectivity index (χ0v) is 11.7. The molecule has 0 aliphatic carbocycles. The molecule has 1 atom stereocenters. The van der Waals surface area contributed by atoms with E-state index in [0.717, 1.165) is 24.2 Å². The molecule has 0 spiro atoms. The third-order valence-corrected chi connectivity index (χ3v) is 3.06. The molecule has 0 N–H and O–H groups in total. The van der Waals surface area contributed by atoms with Gasteiger partial charge in [-0.1, -0.05) is 13.0 Å². The van der Waals surface area contributed by atoms with Crippen LogP contribution >= 0.6 is 12.6 Å². The lowest BCUT2D eigenvalue weighted by Gasteiger charge is -2.11. The van der Waals surface area contributed by atoms with Gasteiger partial charge in [-0.25, -0.2) is 0 Å². The van der Waals surface area contributed by atoms with Crippen LogP contribution in [0.4, 0.5) is 5.69 Å². The smallest absolute Gasteiger partial charge is 0.310 e. The van der Waals surface area contributed by atoms with Crippen molar-refractivity contribution < 1.29 is 9.66 Å². The number of benzene rings is 1. The number of hydrogen-bond donors (Lipinski definition) is 1. The first-order chi connectivity index (χ1) is 8.54. The van der Waals surface area contributed by atoms with E-state index in [2.05, 4.69) is 19.6 Å². The minimum atomic E-state index is -0.411. The maximum atomic E-state index is 10.8. The van der Waals surface area contributed by atoms with Gasteiger partial charge < -0.3 is 4.74 Å². The fraction of sp³-hybridized carbons (Fsp3) is 0.538. The number of rotatable bonds is 7. The Morgan fingerprint density at radius 1 is 1.44 bits per heavy atom. The first-order valence-corrected chi connectivity index (χ1v) is 6.66. The second kappa shape index (κ2) is 7.26. The molecule has 100 valence electrons. The van der Waals surface area contributed by atoms with Gasteiger partial charge in [0.15, 0.2) is 5.75 Å². The van der Waals surface area contributed by atoms with Crippen LogP contribution in [0.2, 0.25) is 0 Å². The van der Waals surface area contributed by atoms with E-state index in [4.69, 9.17) is 4.74 Å². The van der Waals surface area contributed by atoms with Gasteiger partial charge in [-0.3, -0.25) is 10.1 Å². The molecular formula is C13H19NO3S. The Bertz CT molecular complexity index is 409. The second-order valence-corrected chi connectivity index (χ2v) is 4.93. The summed E-state index contributed by atoms with van der Waals surface area (Å²) in [6.07, 6.45) is 1.91. The van der Waals surface area contributed by atoms with Gasteiger partial charge >= 0.3 is 5.69 Å². The van der Waals surface area contributed by atoms with Gasteiger partial charge in [0.1, 0.15) is 0 Å². The van der Waals surface area contributed by atoms with Crippen molar-refractivity contribution >= 4 is 18.3 Å². The van der Waals surface area contributed by atoms with Crippen LogP contribution in [0.25, 0.3) is 0 Å². The minimum Gasteiger partial charge on any atom is -0.487 e. The monoisotopic (exact) mass is 269 g/mol. The molecule has 1 aromatic carbocycles. The summed E-state index contributed by atoms with van der Waals surface area (Å²) >= 11 is 4.18. The molecule has 0 heterocycles. The topological polar surface area (TPSA) is 52.4 Å². The van der Waals surface area contributed by atoms with Crippen molar-refractivity contribution in [3.05, 3.63) is 33.9 Å². The lowest BCUT2D eigenvalue weighted by molar-refractivity contribution is -0.385. The van der Waals surface area contributed by atoms with E-state index in [9.17, 15) is 10.1 Å². The number of nitro benzene ring substituents is 1. The zero-order valence-electron chi connectivity index (χ0n) is 10.8. The summed E-state index contributed by atoms with van der Waals surface area (Å²) in [6, 6.07) is 4.91. The normalized spacial score (nSPS) is 12.2. The highest BCUT2D eigenvalue weighted by molar-refractivity contribution is 7.80. The zero-order chi connectivity index (χ0) is 13.5. The van der Waals surface area contributed by atoms with Crippen LogP contribution < -0.4 is 4.74 Å². The Balaban J connectivity index is 2.60. The standard InChI is InChI=1S/C13H19NO3S/c1-10(6-8-18)5-7-17-13-9-11(2)3-4-12(13)14(15)16/h3-4,9-10,18H,5-8H2,1-2H3. The molecule has 0 radical (unpaired) electrons. The highest BCUT2D eigenvalue weighted by Gasteiger charge is 2.14. The predicted octanol–water partition coefficient (Wildman–Crippen LogP) is 3.63. The van der Waals surface area contributed by atoms with Crippen molar-refractivity contribution in [2.45, 2.75) is 26.7 Å². The Morgan fingerprint density at radius 2 is 2.17 bits per heavy atom. The first-order valence-electron chi connectivity index (χ1n) is 6.03. The molecule has 1 rings (SSSR count). The fourth-order valence-electron chi connectivity index (χ4n) is 1.62. The van der Waals surface area contributed by atoms with Crippen LogP contribution in [0.5, 0.6) is 5.75 Å². The average molecular weight is 269 g/mol. The molecule has 1 unspecified atom stereocenters. The molecule has 0 aromatic heterocycles. The van der Waals surface area contributed by atoms with E-state index in [1.54, 1.807) is 12.1 Å². The molecule has 5 heteroatoms. The van der Waals surface area contributed by atoms with Crippen molar-refractivity contribution in [3.8, 4) is 5.75 Å². The quantitative estimate of drug-likeness (QED) is 0.467. The van der Waals surface area contributed by atoms with Crippen molar-refractivity contribution in [3.63, 3.8) is 0 Å². The van der Waals surface area contributed by atoms with Gasteiger partial charge in [-0.15, -0.1) is 0 Å². The van der Waals surface area contributed by atoms with Crippen LogP contribution in [0.3, 0.4) is 0 Å². The van der Waals surface area contributed by atoms with Crippen LogP contribution in [0.15, 0.2) is 18.2 Å². The molecule has 0 fully saturated rings. The molecule has 18 heavy (non-hydrogen) atoms. The SMILES string of the molecule is Cc1ccc([N+](=O)[O-])c(OCCC(C)CCS)c1. The number of ether oxygens (including phenoxy) is 1. The van der Waals surface area contributed by atoms with Gasteiger partial charge in [0, 0.05) is 6.07 Å². The number of thiol groups is 1. The van der Waals surface area contributed by atoms with Gasteiger partial charge in [0.05, 0.1) is 11.5 Å². The summed E-state index contributed by atoms with van der Waals surface area (Å²) in [5.74, 6) is 1.73. The average Bonchev–Trinajstić information content (AvgIpc) is 2.29. The number of nitrogens with zero attached hydrogens (tertiary/aromatic N) is 1.